The van der Waals surface area contributed by atoms with Crippen LogP contribution in [0.2, 0.25) is 0 Å². The maximum atomic E-state index is 13.2. The molecule has 1 heterocycles. The Bertz CT molecular complexity index is 576. The van der Waals surface area contributed by atoms with Crippen LogP contribution < -0.4 is 5.32 Å². The van der Waals surface area contributed by atoms with E-state index < -0.39 is 11.6 Å². The number of benzene rings is 1. The lowest BCUT2D eigenvalue weighted by Gasteiger charge is -1.99. The van der Waals surface area contributed by atoms with Crippen LogP contribution in [0.4, 0.5) is 8.78 Å². The number of nitrogens with zero attached hydrogens (tertiary/aromatic N) is 2. The van der Waals surface area contributed by atoms with E-state index in [-0.39, 0.29) is 0 Å². The molecule has 1 aliphatic rings. The highest BCUT2D eigenvalue weighted by Gasteiger charge is 2.19. The Kier molecular flexibility index (Phi) is 4.03. The van der Waals surface area contributed by atoms with Crippen molar-refractivity contribution in [2.75, 3.05) is 6.54 Å². The van der Waals surface area contributed by atoms with E-state index in [1.54, 1.807) is 0 Å². The van der Waals surface area contributed by atoms with Gasteiger partial charge in [-0.1, -0.05) is 11.3 Å². The maximum Gasteiger partial charge on any atom is 0.148 e. The molecule has 106 valence electrons. The Morgan fingerprint density at radius 1 is 1.15 bits per heavy atom. The fourth-order valence-corrected chi connectivity index (χ4v) is 2.85. The minimum Gasteiger partial charge on any atom is -0.314 e. The summed E-state index contributed by atoms with van der Waals surface area (Å²) < 4.78 is 26.3. The first-order valence-electron chi connectivity index (χ1n) is 6.73. The van der Waals surface area contributed by atoms with Gasteiger partial charge in [0.15, 0.2) is 0 Å². The minimum absolute atomic E-state index is 0.447. The molecule has 0 saturated heterocycles. The highest BCUT2D eigenvalue weighted by atomic mass is 32.1. The van der Waals surface area contributed by atoms with Gasteiger partial charge in [0.05, 0.1) is 0 Å². The summed E-state index contributed by atoms with van der Waals surface area (Å²) in [4.78, 5) is 0. The van der Waals surface area contributed by atoms with Gasteiger partial charge in [-0.25, -0.2) is 8.78 Å². The fraction of sp³-hybridized carbons (Fsp3) is 0.429. The zero-order valence-electron chi connectivity index (χ0n) is 10.9. The molecular weight excluding hydrogens is 280 g/mol. The van der Waals surface area contributed by atoms with Crippen LogP contribution in [0.15, 0.2) is 18.2 Å². The molecule has 3 nitrogen and oxygen atoms in total. The van der Waals surface area contributed by atoms with Crippen LogP contribution in [-0.2, 0) is 6.42 Å². The normalized spacial score (nSPS) is 14.7. The van der Waals surface area contributed by atoms with E-state index in [9.17, 15) is 8.78 Å². The van der Waals surface area contributed by atoms with Gasteiger partial charge in [-0.15, -0.1) is 10.2 Å². The van der Waals surface area contributed by atoms with Crippen LogP contribution in [0.3, 0.4) is 0 Å². The second kappa shape index (κ2) is 5.93. The molecule has 1 aliphatic carbocycles. The first kappa shape index (κ1) is 13.6. The number of hydrogen-bond acceptors (Lipinski definition) is 4. The zero-order chi connectivity index (χ0) is 13.9. The van der Waals surface area contributed by atoms with Gasteiger partial charge in [-0.05, 0) is 37.9 Å². The molecule has 1 fully saturated rings. The minimum atomic E-state index is -0.592. The van der Waals surface area contributed by atoms with Gasteiger partial charge >= 0.3 is 0 Å². The lowest BCUT2D eigenvalue weighted by Crippen LogP contribution is -2.17. The molecule has 0 spiro atoms. The molecule has 1 N–H and O–H groups in total. The standard InChI is InChI=1S/C14H15F2N3S/c15-10-6-9(7-11(16)8-10)14-19-18-13(20-14)2-1-5-17-12-3-4-12/h6-8,12,17H,1-5H2. The molecule has 0 bridgehead atoms. The number of nitrogens with one attached hydrogen (secondary N) is 1. The average Bonchev–Trinajstić information content (AvgIpc) is 3.10. The van der Waals surface area contributed by atoms with Crippen molar-refractivity contribution in [3.05, 3.63) is 34.8 Å². The van der Waals surface area contributed by atoms with Gasteiger partial charge in [0.1, 0.15) is 21.6 Å². The van der Waals surface area contributed by atoms with E-state index in [0.29, 0.717) is 10.6 Å². The van der Waals surface area contributed by atoms with Gasteiger partial charge in [0.25, 0.3) is 0 Å². The summed E-state index contributed by atoms with van der Waals surface area (Å²) in [5, 5.41) is 13.0. The quantitative estimate of drug-likeness (QED) is 0.832. The Balaban J connectivity index is 1.60. The molecule has 6 heteroatoms. The van der Waals surface area contributed by atoms with Crippen molar-refractivity contribution in [2.45, 2.75) is 31.7 Å². The molecule has 1 aromatic carbocycles. The van der Waals surface area contributed by atoms with Crippen molar-refractivity contribution in [1.82, 2.24) is 15.5 Å². The van der Waals surface area contributed by atoms with Crippen LogP contribution in [0.25, 0.3) is 10.6 Å². The van der Waals surface area contributed by atoms with Crippen molar-refractivity contribution in [1.29, 1.82) is 0 Å². The molecule has 0 unspecified atom stereocenters. The van der Waals surface area contributed by atoms with Gasteiger partial charge in [0.2, 0.25) is 0 Å². The van der Waals surface area contributed by atoms with Crippen molar-refractivity contribution in [3.8, 4) is 10.6 Å². The molecule has 0 radical (unpaired) electrons. The third-order valence-corrected chi connectivity index (χ3v) is 4.19. The number of halogens is 2. The number of rotatable bonds is 6. The summed E-state index contributed by atoms with van der Waals surface area (Å²) in [6, 6.07) is 4.13. The molecule has 0 atom stereocenters. The molecular formula is C14H15F2N3S. The lowest BCUT2D eigenvalue weighted by atomic mass is 10.2. The van der Waals surface area contributed by atoms with Crippen LogP contribution in [0.1, 0.15) is 24.3 Å². The topological polar surface area (TPSA) is 37.8 Å². The van der Waals surface area contributed by atoms with Gasteiger partial charge < -0.3 is 5.32 Å². The first-order chi connectivity index (χ1) is 9.70. The molecule has 1 aromatic heterocycles. The average molecular weight is 295 g/mol. The Morgan fingerprint density at radius 3 is 2.60 bits per heavy atom. The van der Waals surface area contributed by atoms with Crippen LogP contribution >= 0.6 is 11.3 Å². The largest absolute Gasteiger partial charge is 0.314 e. The molecule has 0 aliphatic heterocycles. The predicted molar refractivity (Wildman–Crippen MR) is 74.6 cm³/mol. The zero-order valence-corrected chi connectivity index (χ0v) is 11.7. The highest BCUT2D eigenvalue weighted by molar-refractivity contribution is 7.14. The van der Waals surface area contributed by atoms with E-state index in [2.05, 4.69) is 15.5 Å². The van der Waals surface area contributed by atoms with Gasteiger partial charge in [-0.2, -0.15) is 0 Å². The van der Waals surface area contributed by atoms with Gasteiger partial charge in [-0.3, -0.25) is 0 Å². The summed E-state index contributed by atoms with van der Waals surface area (Å²) in [5.74, 6) is -1.18. The lowest BCUT2D eigenvalue weighted by molar-refractivity contribution is 0.584. The summed E-state index contributed by atoms with van der Waals surface area (Å²) in [6.07, 6.45) is 4.42. The third kappa shape index (κ3) is 3.58. The summed E-state index contributed by atoms with van der Waals surface area (Å²) in [7, 11) is 0. The number of aryl methyl sites for hydroxylation is 1. The summed E-state index contributed by atoms with van der Waals surface area (Å²) in [6.45, 7) is 0.980. The van der Waals surface area contributed by atoms with E-state index in [1.165, 1.54) is 36.3 Å². The van der Waals surface area contributed by atoms with Crippen molar-refractivity contribution < 1.29 is 8.78 Å². The van der Waals surface area contributed by atoms with E-state index in [0.717, 1.165) is 36.5 Å². The Labute approximate surface area is 120 Å². The van der Waals surface area contributed by atoms with Crippen molar-refractivity contribution >= 4 is 11.3 Å². The van der Waals surface area contributed by atoms with E-state index in [1.807, 2.05) is 0 Å². The second-order valence-electron chi connectivity index (χ2n) is 4.99. The first-order valence-corrected chi connectivity index (χ1v) is 7.54. The number of hydrogen-bond donors (Lipinski definition) is 1. The number of aromatic nitrogens is 2. The molecule has 1 saturated carbocycles. The summed E-state index contributed by atoms with van der Waals surface area (Å²) in [5.41, 5.74) is 0.447. The summed E-state index contributed by atoms with van der Waals surface area (Å²) >= 11 is 1.39. The van der Waals surface area contributed by atoms with Crippen LogP contribution in [0.5, 0.6) is 0 Å². The maximum absolute atomic E-state index is 13.2. The highest BCUT2D eigenvalue weighted by Crippen LogP contribution is 2.25. The van der Waals surface area contributed by atoms with Crippen LogP contribution in [-0.4, -0.2) is 22.8 Å². The van der Waals surface area contributed by atoms with Gasteiger partial charge in [0, 0.05) is 24.1 Å². The molecule has 0 amide bonds. The molecule has 20 heavy (non-hydrogen) atoms. The molecule has 3 rings (SSSR count). The fourth-order valence-electron chi connectivity index (χ4n) is 1.98. The smallest absolute Gasteiger partial charge is 0.148 e. The molecule has 2 aromatic rings. The van der Waals surface area contributed by atoms with Crippen molar-refractivity contribution in [3.63, 3.8) is 0 Å². The second-order valence-corrected chi connectivity index (χ2v) is 6.05. The third-order valence-electron chi connectivity index (χ3n) is 3.15. The van der Waals surface area contributed by atoms with Crippen molar-refractivity contribution in [2.24, 2.45) is 0 Å². The monoisotopic (exact) mass is 295 g/mol. The van der Waals surface area contributed by atoms with E-state index >= 15 is 0 Å². The predicted octanol–water partition coefficient (Wildman–Crippen LogP) is 3.17. The van der Waals surface area contributed by atoms with Crippen LogP contribution in [0, 0.1) is 11.6 Å². The van der Waals surface area contributed by atoms with E-state index in [4.69, 9.17) is 0 Å². The SMILES string of the molecule is Fc1cc(F)cc(-c2nnc(CCCNC3CC3)s2)c1. The Morgan fingerprint density at radius 2 is 1.90 bits per heavy atom. The Hall–Kier alpha value is -1.40.